The normalized spacial score (nSPS) is 15.4. The van der Waals surface area contributed by atoms with Crippen LogP contribution in [0, 0.1) is 24.2 Å². The van der Waals surface area contributed by atoms with Crippen LogP contribution in [0.5, 0.6) is 11.6 Å². The number of amides is 1. The lowest BCUT2D eigenvalue weighted by Crippen LogP contribution is -2.41. The van der Waals surface area contributed by atoms with E-state index in [-0.39, 0.29) is 23.7 Å². The highest BCUT2D eigenvalue weighted by atomic mass is 16.5. The second kappa shape index (κ2) is 18.8. The maximum Gasteiger partial charge on any atom is 0.303 e. The van der Waals surface area contributed by atoms with Gasteiger partial charge in [0.1, 0.15) is 11.6 Å². The van der Waals surface area contributed by atoms with Gasteiger partial charge < -0.3 is 19.5 Å². The number of hydrogen-bond donors (Lipinski definition) is 1. The van der Waals surface area contributed by atoms with Crippen molar-refractivity contribution in [3.8, 4) is 11.6 Å². The lowest BCUT2D eigenvalue weighted by molar-refractivity contribution is -0.137. The van der Waals surface area contributed by atoms with Gasteiger partial charge in [0.25, 0.3) is 5.91 Å². The monoisotopic (exact) mass is 725 g/mol. The summed E-state index contributed by atoms with van der Waals surface area (Å²) in [6.45, 7) is 9.43. The molecule has 1 atom stereocenters. The van der Waals surface area contributed by atoms with Crippen LogP contribution in [0.1, 0.15) is 106 Å². The molecule has 0 radical (unpaired) electrons. The van der Waals surface area contributed by atoms with Crippen molar-refractivity contribution in [3.05, 3.63) is 82.0 Å². The molecule has 0 unspecified atom stereocenters. The molecule has 1 N–H and O–H groups in total. The van der Waals surface area contributed by atoms with Crippen LogP contribution in [-0.2, 0) is 4.79 Å². The average Bonchev–Trinajstić information content (AvgIpc) is 4.00. The molecule has 1 saturated carbocycles. The van der Waals surface area contributed by atoms with Gasteiger partial charge in [0.15, 0.2) is 0 Å². The van der Waals surface area contributed by atoms with Crippen molar-refractivity contribution < 1.29 is 24.2 Å². The Balaban J connectivity index is 1.26. The molecule has 53 heavy (non-hydrogen) atoms. The zero-order chi connectivity index (χ0) is 37.8. The minimum atomic E-state index is -0.778. The van der Waals surface area contributed by atoms with Gasteiger partial charge in [0.2, 0.25) is 5.88 Å². The van der Waals surface area contributed by atoms with Crippen molar-refractivity contribution in [2.24, 2.45) is 22.4 Å². The zero-order valence-electron chi connectivity index (χ0n) is 31.7. The predicted octanol–water partition coefficient (Wildman–Crippen LogP) is 8.99. The van der Waals surface area contributed by atoms with Crippen molar-refractivity contribution in [2.45, 2.75) is 90.9 Å². The van der Waals surface area contributed by atoms with Gasteiger partial charge in [-0.25, -0.2) is 9.97 Å². The zero-order valence-corrected chi connectivity index (χ0v) is 31.7. The number of ether oxygens (including phenoxy) is 2. The van der Waals surface area contributed by atoms with Crippen molar-refractivity contribution in [1.82, 2.24) is 9.97 Å². The molecule has 1 amide bonds. The van der Waals surface area contributed by atoms with Crippen LogP contribution in [-0.4, -0.2) is 66.8 Å². The number of carbonyl (C=O) groups excluding carboxylic acids is 1. The largest absolute Gasteiger partial charge is 0.497 e. The summed E-state index contributed by atoms with van der Waals surface area (Å²) < 4.78 is 11.8. The maximum absolute atomic E-state index is 14.7. The molecule has 0 bridgehead atoms. The third-order valence-corrected chi connectivity index (χ3v) is 10.5. The highest BCUT2D eigenvalue weighted by Crippen LogP contribution is 2.45. The molecule has 3 heterocycles. The van der Waals surface area contributed by atoms with E-state index in [9.17, 15) is 14.7 Å². The van der Waals surface area contributed by atoms with Crippen LogP contribution >= 0.6 is 0 Å². The van der Waals surface area contributed by atoms with E-state index in [1.54, 1.807) is 13.3 Å². The molecule has 1 aliphatic carbocycles. The molecule has 12 nitrogen and oxygen atoms in total. The quantitative estimate of drug-likeness (QED) is 0.0524. The number of aliphatic carboxylic acids is 1. The highest BCUT2D eigenvalue weighted by Gasteiger charge is 2.34. The molecular formula is C41H55N7O5. The predicted molar refractivity (Wildman–Crippen MR) is 207 cm³/mol. The Hall–Kier alpha value is -4.83. The Morgan fingerprint density at radius 3 is 2.55 bits per heavy atom. The molecule has 0 spiro atoms. The van der Waals surface area contributed by atoms with Crippen LogP contribution in [0.4, 0.5) is 11.5 Å². The molecule has 1 saturated heterocycles. The number of carbonyl (C=O) groups is 2. The van der Waals surface area contributed by atoms with Gasteiger partial charge in [-0.15, -0.1) is 0 Å². The second-order valence-corrected chi connectivity index (χ2v) is 15.4. The molecule has 12 heteroatoms. The first-order chi connectivity index (χ1) is 25.6. The first kappa shape index (κ1) is 39.4. The molecular weight excluding hydrogens is 670 g/mol. The number of benzene rings is 1. The molecule has 2 fully saturated rings. The molecule has 284 valence electrons. The van der Waals surface area contributed by atoms with Crippen LogP contribution in [0.2, 0.25) is 0 Å². The van der Waals surface area contributed by atoms with Gasteiger partial charge in [-0.3, -0.25) is 14.5 Å². The number of aromatic nitrogens is 2. The van der Waals surface area contributed by atoms with Gasteiger partial charge >= 0.3 is 5.97 Å². The Morgan fingerprint density at radius 1 is 1.08 bits per heavy atom. The second-order valence-electron chi connectivity index (χ2n) is 15.4. The molecule has 1 aromatic carbocycles. The minimum Gasteiger partial charge on any atom is -0.497 e. The summed E-state index contributed by atoms with van der Waals surface area (Å²) in [5.41, 5.74) is 11.7. The number of anilines is 2. The van der Waals surface area contributed by atoms with Crippen molar-refractivity contribution in [2.75, 3.05) is 49.7 Å². The number of carboxylic acids is 1. The summed E-state index contributed by atoms with van der Waals surface area (Å²) in [4.78, 5) is 42.4. The lowest BCUT2D eigenvalue weighted by Gasteiger charge is -2.36. The SMILES string of the molecule is COc1ccc(C(=O)N(CC(C)(C)CCCCCCN=[N+]=[N-])c2cccc(C)n2)c(N2CCC(COc3cc([C@H](CC(=O)O)C4CC4)ccn3)CC2)c1. The minimum absolute atomic E-state index is 0.00290. The van der Waals surface area contributed by atoms with E-state index in [4.69, 9.17) is 20.0 Å². The Kier molecular flexibility index (Phi) is 14.0. The number of rotatable bonds is 20. The molecule has 3 aromatic rings. The third-order valence-electron chi connectivity index (χ3n) is 10.5. The Bertz CT molecular complexity index is 1730. The third kappa shape index (κ3) is 11.6. The number of piperidine rings is 1. The standard InChI is InChI=1S/C41H55N7O5/c1-29-10-9-11-37(45-29)48(28-41(2,3)19-7-5-6-8-20-44-46-42)40(51)34-15-14-33(52-4)25-36(34)47-22-17-30(18-23-47)27-53-38-24-32(16-21-43-38)35(26-39(49)50)31-12-13-31/h9-11,14-16,21,24-25,30-31,35H,5-8,12-13,17-20,22-23,26-28H2,1-4H3,(H,49,50)/t35-/m1/s1. The van der Waals surface area contributed by atoms with Crippen molar-refractivity contribution >= 4 is 23.4 Å². The highest BCUT2D eigenvalue weighted by molar-refractivity contribution is 6.09. The number of unbranched alkanes of at least 4 members (excludes halogenated alkanes) is 3. The summed E-state index contributed by atoms with van der Waals surface area (Å²) in [6.07, 6.45) is 10.6. The molecule has 2 aliphatic rings. The number of methoxy groups -OCH3 is 1. The van der Waals surface area contributed by atoms with E-state index in [0.29, 0.717) is 54.5 Å². The topological polar surface area (TPSA) is 154 Å². The van der Waals surface area contributed by atoms with Crippen molar-refractivity contribution in [3.63, 3.8) is 0 Å². The van der Waals surface area contributed by atoms with E-state index in [1.165, 1.54) is 0 Å². The summed E-state index contributed by atoms with van der Waals surface area (Å²) >= 11 is 0. The van der Waals surface area contributed by atoms with E-state index in [1.807, 2.05) is 60.4 Å². The fraction of sp³-hybridized carbons (Fsp3) is 0.561. The number of aryl methyl sites for hydroxylation is 1. The first-order valence-corrected chi connectivity index (χ1v) is 19.1. The number of pyridine rings is 2. The van der Waals surface area contributed by atoms with Gasteiger partial charge in [-0.1, -0.05) is 44.3 Å². The lowest BCUT2D eigenvalue weighted by atomic mass is 9.86. The summed E-state index contributed by atoms with van der Waals surface area (Å²) in [7, 11) is 1.64. The Labute approximate surface area is 313 Å². The van der Waals surface area contributed by atoms with Gasteiger partial charge in [0, 0.05) is 55.1 Å². The fourth-order valence-corrected chi connectivity index (χ4v) is 7.38. The van der Waals surface area contributed by atoms with E-state index in [2.05, 4.69) is 33.8 Å². The van der Waals surface area contributed by atoms with Gasteiger partial charge in [-0.2, -0.15) is 0 Å². The number of carboxylic acid groups (broad SMARTS) is 1. The van der Waals surface area contributed by atoms with Crippen LogP contribution in [0.3, 0.4) is 0 Å². The van der Waals surface area contributed by atoms with Gasteiger partial charge in [-0.05, 0) is 110 Å². The Morgan fingerprint density at radius 2 is 1.85 bits per heavy atom. The number of azide groups is 1. The number of hydrogen-bond acceptors (Lipinski definition) is 8. The van der Waals surface area contributed by atoms with Gasteiger partial charge in [0.05, 0.1) is 31.4 Å². The van der Waals surface area contributed by atoms with Crippen LogP contribution in [0.25, 0.3) is 10.4 Å². The smallest absolute Gasteiger partial charge is 0.303 e. The fourth-order valence-electron chi connectivity index (χ4n) is 7.38. The van der Waals surface area contributed by atoms with E-state index < -0.39 is 5.97 Å². The van der Waals surface area contributed by atoms with Crippen LogP contribution in [0.15, 0.2) is 59.8 Å². The summed E-state index contributed by atoms with van der Waals surface area (Å²) in [5, 5.41) is 13.1. The van der Waals surface area contributed by atoms with Crippen molar-refractivity contribution in [1.29, 1.82) is 0 Å². The van der Waals surface area contributed by atoms with E-state index in [0.717, 1.165) is 87.8 Å². The maximum atomic E-state index is 14.7. The molecule has 1 aliphatic heterocycles. The average molecular weight is 726 g/mol. The molecule has 2 aromatic heterocycles. The number of nitrogens with zero attached hydrogens (tertiary/aromatic N) is 7. The summed E-state index contributed by atoms with van der Waals surface area (Å²) in [5.74, 6) is 1.74. The summed E-state index contributed by atoms with van der Waals surface area (Å²) in [6, 6.07) is 15.3. The molecule has 5 rings (SSSR count). The van der Waals surface area contributed by atoms with E-state index >= 15 is 0 Å². The first-order valence-electron chi connectivity index (χ1n) is 19.1. The van der Waals surface area contributed by atoms with Crippen LogP contribution < -0.4 is 19.3 Å².